The lowest BCUT2D eigenvalue weighted by Gasteiger charge is -2.06. The molecule has 0 aliphatic rings. The topological polar surface area (TPSA) is 29.1 Å². The minimum atomic E-state index is 0.278. The second-order valence-corrected chi connectivity index (χ2v) is 4.23. The molecule has 1 aromatic carbocycles. The van der Waals surface area contributed by atoms with Gasteiger partial charge < -0.3 is 10.1 Å². The van der Waals surface area contributed by atoms with Gasteiger partial charge in [-0.1, -0.05) is 24.3 Å². The van der Waals surface area contributed by atoms with Crippen molar-refractivity contribution in [2.45, 2.75) is 33.1 Å². The van der Waals surface area contributed by atoms with Gasteiger partial charge in [0.25, 0.3) is 0 Å². The molecule has 0 aliphatic carbocycles. The van der Waals surface area contributed by atoms with Crippen molar-refractivity contribution in [2.24, 2.45) is 0 Å². The van der Waals surface area contributed by atoms with Crippen LogP contribution >= 0.6 is 0 Å². The van der Waals surface area contributed by atoms with E-state index in [0.29, 0.717) is 6.42 Å². The molecular formula is C14H21NO. The summed E-state index contributed by atoms with van der Waals surface area (Å²) in [6.07, 6.45) is 2.70. The third kappa shape index (κ3) is 5.08. The third-order valence-electron chi connectivity index (χ3n) is 2.71. The Hall–Kier alpha value is -1.15. The lowest BCUT2D eigenvalue weighted by Crippen LogP contribution is -2.19. The van der Waals surface area contributed by atoms with Crippen molar-refractivity contribution in [1.82, 2.24) is 5.32 Å². The molecule has 2 heteroatoms. The largest absolute Gasteiger partial charge is 0.316 e. The quantitative estimate of drug-likeness (QED) is 0.714. The highest BCUT2D eigenvalue weighted by molar-refractivity contribution is 5.75. The molecule has 0 atom stereocenters. The summed E-state index contributed by atoms with van der Waals surface area (Å²) in [5.41, 5.74) is 2.76. The van der Waals surface area contributed by atoms with Crippen LogP contribution in [0, 0.1) is 6.92 Å². The Bertz CT molecular complexity index is 333. The normalized spacial score (nSPS) is 10.4. The van der Waals surface area contributed by atoms with Crippen LogP contribution in [-0.4, -0.2) is 18.9 Å². The van der Waals surface area contributed by atoms with Gasteiger partial charge in [-0.05, 0) is 50.9 Å². The average molecular weight is 219 g/mol. The summed E-state index contributed by atoms with van der Waals surface area (Å²) in [5.74, 6) is 0.278. The van der Waals surface area contributed by atoms with Crippen molar-refractivity contribution >= 4 is 5.78 Å². The molecule has 88 valence electrons. The van der Waals surface area contributed by atoms with Crippen molar-refractivity contribution in [3.63, 3.8) is 0 Å². The molecule has 0 heterocycles. The minimum Gasteiger partial charge on any atom is -0.316 e. The van der Waals surface area contributed by atoms with Crippen molar-refractivity contribution < 1.29 is 4.79 Å². The number of benzene rings is 1. The molecule has 0 saturated carbocycles. The van der Waals surface area contributed by atoms with Crippen LogP contribution in [0.1, 0.15) is 30.9 Å². The summed E-state index contributed by atoms with van der Waals surface area (Å²) in [6, 6.07) is 8.47. The summed E-state index contributed by atoms with van der Waals surface area (Å²) in [4.78, 5) is 10.7. The minimum absolute atomic E-state index is 0.278. The molecule has 0 amide bonds. The second kappa shape index (κ2) is 7.18. The first kappa shape index (κ1) is 12.9. The van der Waals surface area contributed by atoms with Crippen molar-refractivity contribution in [2.75, 3.05) is 13.1 Å². The van der Waals surface area contributed by atoms with Crippen molar-refractivity contribution in [1.29, 1.82) is 0 Å². The number of nitrogens with one attached hydrogen (secondary N) is 1. The van der Waals surface area contributed by atoms with E-state index in [4.69, 9.17) is 0 Å². The molecule has 1 aromatic rings. The molecule has 0 bridgehead atoms. The number of hydrogen-bond donors (Lipinski definition) is 1. The van der Waals surface area contributed by atoms with Crippen LogP contribution in [0.5, 0.6) is 0 Å². The van der Waals surface area contributed by atoms with E-state index in [9.17, 15) is 4.79 Å². The number of carbonyl (C=O) groups excluding carboxylic acids is 1. The highest BCUT2D eigenvalue weighted by Gasteiger charge is 1.97. The van der Waals surface area contributed by atoms with Gasteiger partial charge in [0.1, 0.15) is 5.78 Å². The predicted molar refractivity (Wildman–Crippen MR) is 67.7 cm³/mol. The van der Waals surface area contributed by atoms with E-state index >= 15 is 0 Å². The fourth-order valence-electron chi connectivity index (χ4n) is 1.70. The van der Waals surface area contributed by atoms with Gasteiger partial charge in [-0.25, -0.2) is 0 Å². The van der Waals surface area contributed by atoms with Crippen LogP contribution in [0.25, 0.3) is 0 Å². The van der Waals surface area contributed by atoms with E-state index in [1.807, 2.05) is 0 Å². The van der Waals surface area contributed by atoms with Gasteiger partial charge >= 0.3 is 0 Å². The standard InChI is InChI=1S/C14H21NO/c1-12-6-3-4-8-14(12)9-11-15-10-5-7-13(2)16/h3-4,6,8,15H,5,7,9-11H2,1-2H3. The number of Topliss-reactive ketones (excluding diaryl/α,β-unsaturated/α-hetero) is 1. The first-order valence-electron chi connectivity index (χ1n) is 5.95. The van der Waals surface area contributed by atoms with E-state index in [0.717, 1.165) is 25.9 Å². The van der Waals surface area contributed by atoms with Gasteiger partial charge in [0, 0.05) is 6.42 Å². The van der Waals surface area contributed by atoms with Crippen molar-refractivity contribution in [3.05, 3.63) is 35.4 Å². The van der Waals surface area contributed by atoms with Crippen LogP contribution in [0.3, 0.4) is 0 Å². The second-order valence-electron chi connectivity index (χ2n) is 4.23. The van der Waals surface area contributed by atoms with E-state index in [1.165, 1.54) is 11.1 Å². The lowest BCUT2D eigenvalue weighted by atomic mass is 10.1. The van der Waals surface area contributed by atoms with Crippen LogP contribution in [-0.2, 0) is 11.2 Å². The number of hydrogen-bond acceptors (Lipinski definition) is 2. The SMILES string of the molecule is CC(=O)CCCNCCc1ccccc1C. The number of carbonyl (C=O) groups is 1. The molecule has 1 N–H and O–H groups in total. The lowest BCUT2D eigenvalue weighted by molar-refractivity contribution is -0.117. The summed E-state index contributed by atoms with van der Waals surface area (Å²) in [7, 11) is 0. The fourth-order valence-corrected chi connectivity index (χ4v) is 1.70. The molecule has 1 rings (SSSR count). The monoisotopic (exact) mass is 219 g/mol. The molecule has 0 saturated heterocycles. The first-order valence-corrected chi connectivity index (χ1v) is 5.95. The van der Waals surface area contributed by atoms with Gasteiger partial charge in [0.15, 0.2) is 0 Å². The Morgan fingerprint density at radius 2 is 2.00 bits per heavy atom. The Kier molecular flexibility index (Phi) is 5.79. The maximum Gasteiger partial charge on any atom is 0.129 e. The van der Waals surface area contributed by atoms with Crippen molar-refractivity contribution in [3.8, 4) is 0 Å². The van der Waals surface area contributed by atoms with Crippen LogP contribution in [0.15, 0.2) is 24.3 Å². The summed E-state index contributed by atoms with van der Waals surface area (Å²) < 4.78 is 0. The van der Waals surface area contributed by atoms with Crippen LogP contribution < -0.4 is 5.32 Å². The number of rotatable bonds is 7. The van der Waals surface area contributed by atoms with Crippen LogP contribution in [0.4, 0.5) is 0 Å². The Labute approximate surface area is 98.1 Å². The first-order chi connectivity index (χ1) is 7.70. The smallest absolute Gasteiger partial charge is 0.129 e. The molecule has 0 spiro atoms. The molecule has 0 aromatic heterocycles. The highest BCUT2D eigenvalue weighted by Crippen LogP contribution is 2.06. The zero-order chi connectivity index (χ0) is 11.8. The summed E-state index contributed by atoms with van der Waals surface area (Å²) in [5, 5.41) is 3.36. The van der Waals surface area contributed by atoms with E-state index < -0.39 is 0 Å². The summed E-state index contributed by atoms with van der Waals surface area (Å²) in [6.45, 7) is 5.71. The van der Waals surface area contributed by atoms with Gasteiger partial charge in [-0.15, -0.1) is 0 Å². The number of aryl methyl sites for hydroxylation is 1. The molecular weight excluding hydrogens is 198 g/mol. The Balaban J connectivity index is 2.12. The van der Waals surface area contributed by atoms with Gasteiger partial charge in [0.05, 0.1) is 0 Å². The van der Waals surface area contributed by atoms with Gasteiger partial charge in [0.2, 0.25) is 0 Å². The van der Waals surface area contributed by atoms with E-state index in [-0.39, 0.29) is 5.78 Å². The Morgan fingerprint density at radius 1 is 1.25 bits per heavy atom. The molecule has 0 unspecified atom stereocenters. The number of ketones is 1. The average Bonchev–Trinajstić information content (AvgIpc) is 2.25. The van der Waals surface area contributed by atoms with Gasteiger partial charge in [-0.3, -0.25) is 0 Å². The maximum atomic E-state index is 10.7. The zero-order valence-corrected chi connectivity index (χ0v) is 10.3. The molecule has 2 nitrogen and oxygen atoms in total. The predicted octanol–water partition coefficient (Wildman–Crippen LogP) is 2.50. The molecule has 0 radical (unpaired) electrons. The highest BCUT2D eigenvalue weighted by atomic mass is 16.1. The van der Waals surface area contributed by atoms with Gasteiger partial charge in [-0.2, -0.15) is 0 Å². The maximum absolute atomic E-state index is 10.7. The molecule has 0 aliphatic heterocycles. The zero-order valence-electron chi connectivity index (χ0n) is 10.3. The molecule has 16 heavy (non-hydrogen) atoms. The van der Waals surface area contributed by atoms with E-state index in [1.54, 1.807) is 6.92 Å². The van der Waals surface area contributed by atoms with Crippen LogP contribution in [0.2, 0.25) is 0 Å². The Morgan fingerprint density at radius 3 is 2.69 bits per heavy atom. The third-order valence-corrected chi connectivity index (χ3v) is 2.71. The van der Waals surface area contributed by atoms with E-state index in [2.05, 4.69) is 36.5 Å². The molecule has 0 fully saturated rings. The fraction of sp³-hybridized carbons (Fsp3) is 0.500. The summed E-state index contributed by atoms with van der Waals surface area (Å²) >= 11 is 0.